The Hall–Kier alpha value is -2.80. The van der Waals surface area contributed by atoms with Crippen LogP contribution < -0.4 is 16.0 Å². The van der Waals surface area contributed by atoms with E-state index in [-0.39, 0.29) is 0 Å². The minimum atomic E-state index is 0.518. The van der Waals surface area contributed by atoms with E-state index in [0.29, 0.717) is 23.1 Å². The van der Waals surface area contributed by atoms with Gasteiger partial charge in [0.25, 0.3) is 0 Å². The predicted molar refractivity (Wildman–Crippen MR) is 106 cm³/mol. The molecule has 0 fully saturated rings. The number of benzene rings is 1. The molecule has 25 heavy (non-hydrogen) atoms. The molecule has 2 heterocycles. The van der Waals surface area contributed by atoms with E-state index < -0.39 is 0 Å². The minimum Gasteiger partial charge on any atom is -0.366 e. The van der Waals surface area contributed by atoms with Crippen LogP contribution in [0.1, 0.15) is 18.1 Å². The third-order valence-electron chi connectivity index (χ3n) is 3.58. The lowest BCUT2D eigenvalue weighted by molar-refractivity contribution is 0.978. The maximum atomic E-state index is 5.17. The van der Waals surface area contributed by atoms with Gasteiger partial charge in [0, 0.05) is 13.1 Å². The number of rotatable bonds is 5. The van der Waals surface area contributed by atoms with Crippen molar-refractivity contribution < 1.29 is 0 Å². The summed E-state index contributed by atoms with van der Waals surface area (Å²) < 4.78 is 0. The maximum absolute atomic E-state index is 5.17. The van der Waals surface area contributed by atoms with E-state index in [1.807, 2.05) is 19.1 Å². The number of fused-ring (bicyclic) bond motifs is 1. The second kappa shape index (κ2) is 7.85. The number of nitrogens with one attached hydrogen (secondary N) is 3. The standard InChI is InChI=1S/C18H20N6S/c1-3-19-18(25)24-16-11-20-14-8-9-15(22-17(14)23-16)21-10-13-6-4-12(2)5-7-13/h4-9,11H,3,10H2,1-2H3,(H3,19,21,22,23,24,25). The van der Waals surface area contributed by atoms with Gasteiger partial charge < -0.3 is 16.0 Å². The third-order valence-corrected chi connectivity index (χ3v) is 3.83. The van der Waals surface area contributed by atoms with Crippen LogP contribution in [0.15, 0.2) is 42.6 Å². The molecule has 0 bridgehead atoms. The van der Waals surface area contributed by atoms with Crippen LogP contribution in [0.2, 0.25) is 0 Å². The largest absolute Gasteiger partial charge is 0.366 e. The molecule has 0 atom stereocenters. The van der Waals surface area contributed by atoms with E-state index in [0.717, 1.165) is 17.9 Å². The Morgan fingerprint density at radius 1 is 1.04 bits per heavy atom. The van der Waals surface area contributed by atoms with Crippen LogP contribution in [0.3, 0.4) is 0 Å². The quantitative estimate of drug-likeness (QED) is 0.609. The van der Waals surface area contributed by atoms with Crippen molar-refractivity contribution in [2.75, 3.05) is 17.2 Å². The number of aryl methyl sites for hydroxylation is 1. The highest BCUT2D eigenvalue weighted by molar-refractivity contribution is 7.80. The first-order valence-corrected chi connectivity index (χ1v) is 8.53. The Balaban J connectivity index is 1.73. The fourth-order valence-corrected chi connectivity index (χ4v) is 2.52. The summed E-state index contributed by atoms with van der Waals surface area (Å²) in [4.78, 5) is 13.4. The van der Waals surface area contributed by atoms with Gasteiger partial charge in [-0.3, -0.25) is 0 Å². The molecule has 0 saturated heterocycles. The topological polar surface area (TPSA) is 74.8 Å². The summed E-state index contributed by atoms with van der Waals surface area (Å²) in [5.74, 6) is 1.33. The molecule has 0 unspecified atom stereocenters. The normalized spacial score (nSPS) is 10.5. The Morgan fingerprint density at radius 3 is 2.56 bits per heavy atom. The van der Waals surface area contributed by atoms with Crippen molar-refractivity contribution in [3.8, 4) is 0 Å². The summed E-state index contributed by atoms with van der Waals surface area (Å²) in [5, 5.41) is 9.85. The van der Waals surface area contributed by atoms with E-state index in [1.54, 1.807) is 6.20 Å². The van der Waals surface area contributed by atoms with Crippen LogP contribution in [0.25, 0.3) is 11.2 Å². The average molecular weight is 352 g/mol. The summed E-state index contributed by atoms with van der Waals surface area (Å²) in [6.07, 6.45) is 1.65. The van der Waals surface area contributed by atoms with E-state index in [1.165, 1.54) is 11.1 Å². The molecule has 0 spiro atoms. The van der Waals surface area contributed by atoms with Gasteiger partial charge >= 0.3 is 0 Å². The average Bonchev–Trinajstić information content (AvgIpc) is 2.61. The van der Waals surface area contributed by atoms with Crippen molar-refractivity contribution in [3.05, 3.63) is 53.7 Å². The van der Waals surface area contributed by atoms with Crippen LogP contribution in [-0.2, 0) is 6.54 Å². The molecule has 3 rings (SSSR count). The van der Waals surface area contributed by atoms with Gasteiger partial charge in [0.2, 0.25) is 0 Å². The summed E-state index contributed by atoms with van der Waals surface area (Å²) in [5.41, 5.74) is 3.75. The zero-order chi connectivity index (χ0) is 17.6. The Morgan fingerprint density at radius 2 is 1.80 bits per heavy atom. The van der Waals surface area contributed by atoms with Gasteiger partial charge in [-0.2, -0.15) is 0 Å². The Bertz CT molecular complexity index is 878. The third kappa shape index (κ3) is 4.60. The number of pyridine rings is 1. The van der Waals surface area contributed by atoms with Crippen molar-refractivity contribution in [3.63, 3.8) is 0 Å². The van der Waals surface area contributed by atoms with Crippen LogP contribution in [0.5, 0.6) is 0 Å². The first kappa shape index (κ1) is 17.0. The number of hydrogen-bond acceptors (Lipinski definition) is 5. The number of thiocarbonyl (C=S) groups is 1. The van der Waals surface area contributed by atoms with Crippen LogP contribution in [0, 0.1) is 6.92 Å². The summed E-state index contributed by atoms with van der Waals surface area (Å²) in [6.45, 7) is 5.51. The van der Waals surface area contributed by atoms with Gasteiger partial charge in [-0.25, -0.2) is 15.0 Å². The number of hydrogen-bond donors (Lipinski definition) is 3. The molecule has 128 valence electrons. The minimum absolute atomic E-state index is 0.518. The molecule has 3 N–H and O–H groups in total. The van der Waals surface area contributed by atoms with E-state index in [4.69, 9.17) is 12.2 Å². The van der Waals surface area contributed by atoms with Gasteiger partial charge in [-0.05, 0) is 43.8 Å². The van der Waals surface area contributed by atoms with Crippen molar-refractivity contribution in [2.24, 2.45) is 0 Å². The molecule has 3 aromatic rings. The van der Waals surface area contributed by atoms with Crippen LogP contribution in [0.4, 0.5) is 11.6 Å². The first-order chi connectivity index (χ1) is 12.1. The summed E-state index contributed by atoms with van der Waals surface area (Å²) in [7, 11) is 0. The van der Waals surface area contributed by atoms with Gasteiger partial charge in [-0.1, -0.05) is 29.8 Å². The molecule has 0 saturated carbocycles. The van der Waals surface area contributed by atoms with Gasteiger partial charge in [0.05, 0.1) is 6.20 Å². The monoisotopic (exact) mass is 352 g/mol. The molecular weight excluding hydrogens is 332 g/mol. The molecule has 2 aromatic heterocycles. The molecule has 0 amide bonds. The number of aromatic nitrogens is 3. The highest BCUT2D eigenvalue weighted by Gasteiger charge is 2.04. The fourth-order valence-electron chi connectivity index (χ4n) is 2.28. The zero-order valence-corrected chi connectivity index (χ0v) is 15.0. The lowest BCUT2D eigenvalue weighted by Crippen LogP contribution is -2.28. The lowest BCUT2D eigenvalue weighted by atomic mass is 10.1. The SMILES string of the molecule is CCNC(=S)Nc1cnc2ccc(NCc3ccc(C)cc3)nc2n1. The van der Waals surface area contributed by atoms with Gasteiger partial charge in [0.15, 0.2) is 16.6 Å². The van der Waals surface area contributed by atoms with Crippen molar-refractivity contribution in [2.45, 2.75) is 20.4 Å². The molecule has 0 radical (unpaired) electrons. The van der Waals surface area contributed by atoms with Crippen molar-refractivity contribution >= 4 is 40.1 Å². The van der Waals surface area contributed by atoms with Crippen LogP contribution >= 0.6 is 12.2 Å². The first-order valence-electron chi connectivity index (χ1n) is 8.12. The molecule has 0 aliphatic carbocycles. The second-order valence-electron chi connectivity index (χ2n) is 5.62. The molecular formula is C18H20N6S. The van der Waals surface area contributed by atoms with E-state index >= 15 is 0 Å². The van der Waals surface area contributed by atoms with Gasteiger partial charge in [-0.15, -0.1) is 0 Å². The summed E-state index contributed by atoms with van der Waals surface area (Å²) in [6, 6.07) is 12.2. The Kier molecular flexibility index (Phi) is 5.35. The maximum Gasteiger partial charge on any atom is 0.182 e. The lowest BCUT2D eigenvalue weighted by Gasteiger charge is -2.09. The molecule has 6 nitrogen and oxygen atoms in total. The number of nitrogens with zero attached hydrogens (tertiary/aromatic N) is 3. The van der Waals surface area contributed by atoms with E-state index in [9.17, 15) is 0 Å². The molecule has 7 heteroatoms. The predicted octanol–water partition coefficient (Wildman–Crippen LogP) is 3.25. The Labute approximate surface area is 152 Å². The van der Waals surface area contributed by atoms with E-state index in [2.05, 4.69) is 62.1 Å². The molecule has 1 aromatic carbocycles. The highest BCUT2D eigenvalue weighted by atomic mass is 32.1. The highest BCUT2D eigenvalue weighted by Crippen LogP contribution is 2.14. The summed E-state index contributed by atoms with van der Waals surface area (Å²) >= 11 is 5.17. The smallest absolute Gasteiger partial charge is 0.182 e. The molecule has 0 aliphatic heterocycles. The van der Waals surface area contributed by atoms with Crippen molar-refractivity contribution in [1.29, 1.82) is 0 Å². The molecule has 0 aliphatic rings. The van der Waals surface area contributed by atoms with Gasteiger partial charge in [0.1, 0.15) is 11.3 Å². The number of anilines is 2. The van der Waals surface area contributed by atoms with Crippen LogP contribution in [-0.4, -0.2) is 26.6 Å². The zero-order valence-electron chi connectivity index (χ0n) is 14.2. The second-order valence-corrected chi connectivity index (χ2v) is 6.03. The fraction of sp³-hybridized carbons (Fsp3) is 0.222. The van der Waals surface area contributed by atoms with Crippen molar-refractivity contribution in [1.82, 2.24) is 20.3 Å².